The molecule has 0 aliphatic carbocycles. The van der Waals surface area contributed by atoms with Gasteiger partial charge in [0, 0.05) is 12.0 Å². The summed E-state index contributed by atoms with van der Waals surface area (Å²) in [5.41, 5.74) is 2.90. The van der Waals surface area contributed by atoms with Gasteiger partial charge in [-0.15, -0.1) is 0 Å². The number of benzene rings is 1. The van der Waals surface area contributed by atoms with Gasteiger partial charge in [0.2, 0.25) is 5.91 Å². The number of nitrogens with one attached hydrogen (secondary N) is 1. The molecule has 4 nitrogen and oxygen atoms in total. The van der Waals surface area contributed by atoms with Crippen molar-refractivity contribution in [3.63, 3.8) is 0 Å². The summed E-state index contributed by atoms with van der Waals surface area (Å²) in [6, 6.07) is 9.05. The summed E-state index contributed by atoms with van der Waals surface area (Å²) < 4.78 is 0. The molecule has 0 bridgehead atoms. The standard InChI is InChI=1S/C20H32N2O2/c1-5-6-7-8-9-13-16-18(23)21-22(20(2,3)4)19(24)17-14-11-10-12-15-17/h10-12,14-15H,5-9,13,16H2,1-4H3,(H,21,23). The quantitative estimate of drug-likeness (QED) is 0.553. The fourth-order valence-electron chi connectivity index (χ4n) is 2.48. The van der Waals surface area contributed by atoms with Crippen molar-refractivity contribution >= 4 is 11.8 Å². The van der Waals surface area contributed by atoms with Crippen molar-refractivity contribution in [2.24, 2.45) is 0 Å². The summed E-state index contributed by atoms with van der Waals surface area (Å²) in [5, 5.41) is 1.45. The number of hydrazine groups is 1. The molecule has 0 spiro atoms. The largest absolute Gasteiger partial charge is 0.273 e. The van der Waals surface area contributed by atoms with Crippen LogP contribution in [0.5, 0.6) is 0 Å². The van der Waals surface area contributed by atoms with E-state index in [-0.39, 0.29) is 11.8 Å². The number of rotatable bonds is 8. The van der Waals surface area contributed by atoms with E-state index in [1.54, 1.807) is 12.1 Å². The van der Waals surface area contributed by atoms with Gasteiger partial charge in [0.25, 0.3) is 5.91 Å². The Morgan fingerprint density at radius 1 is 0.958 bits per heavy atom. The van der Waals surface area contributed by atoms with Crippen LogP contribution in [0.1, 0.15) is 83.0 Å². The molecule has 0 unspecified atom stereocenters. The van der Waals surface area contributed by atoms with Crippen LogP contribution in [0.2, 0.25) is 0 Å². The van der Waals surface area contributed by atoms with Crippen LogP contribution in [-0.4, -0.2) is 22.4 Å². The van der Waals surface area contributed by atoms with Gasteiger partial charge >= 0.3 is 0 Å². The average Bonchev–Trinajstić information content (AvgIpc) is 2.55. The molecule has 4 heteroatoms. The SMILES string of the molecule is CCCCCCCCC(=O)NN(C(=O)c1ccccc1)C(C)(C)C. The van der Waals surface area contributed by atoms with E-state index in [2.05, 4.69) is 12.3 Å². The van der Waals surface area contributed by atoms with E-state index >= 15 is 0 Å². The number of carbonyl (C=O) groups excluding carboxylic acids is 2. The van der Waals surface area contributed by atoms with E-state index in [4.69, 9.17) is 0 Å². The number of carbonyl (C=O) groups is 2. The number of nitrogens with zero attached hydrogens (tertiary/aromatic N) is 1. The Hall–Kier alpha value is -1.84. The molecule has 1 N–H and O–H groups in total. The van der Waals surface area contributed by atoms with E-state index in [1.807, 2.05) is 39.0 Å². The molecule has 1 rings (SSSR count). The van der Waals surface area contributed by atoms with E-state index in [1.165, 1.54) is 30.7 Å². The first-order chi connectivity index (χ1) is 11.4. The smallest absolute Gasteiger partial charge is 0.272 e. The molecule has 0 saturated heterocycles. The highest BCUT2D eigenvalue weighted by Gasteiger charge is 2.28. The van der Waals surface area contributed by atoms with Crippen LogP contribution in [0.25, 0.3) is 0 Å². The second-order valence-corrected chi connectivity index (χ2v) is 7.23. The molecule has 0 aliphatic rings. The second-order valence-electron chi connectivity index (χ2n) is 7.23. The van der Waals surface area contributed by atoms with Crippen molar-refractivity contribution in [2.45, 2.75) is 78.2 Å². The molecule has 134 valence electrons. The minimum absolute atomic E-state index is 0.0929. The molecular weight excluding hydrogens is 300 g/mol. The highest BCUT2D eigenvalue weighted by molar-refractivity contribution is 5.95. The lowest BCUT2D eigenvalue weighted by Gasteiger charge is -2.35. The fourth-order valence-corrected chi connectivity index (χ4v) is 2.48. The Labute approximate surface area is 146 Å². The van der Waals surface area contributed by atoms with Crippen LogP contribution in [0.4, 0.5) is 0 Å². The highest BCUT2D eigenvalue weighted by Crippen LogP contribution is 2.15. The number of hydrogen-bond donors (Lipinski definition) is 1. The summed E-state index contributed by atoms with van der Waals surface area (Å²) >= 11 is 0. The first-order valence-electron chi connectivity index (χ1n) is 9.05. The zero-order valence-corrected chi connectivity index (χ0v) is 15.6. The summed E-state index contributed by atoms with van der Waals surface area (Å²) in [5.74, 6) is -0.274. The molecule has 1 aromatic rings. The van der Waals surface area contributed by atoms with Gasteiger partial charge in [0.1, 0.15) is 0 Å². The monoisotopic (exact) mass is 332 g/mol. The van der Waals surface area contributed by atoms with Crippen LogP contribution < -0.4 is 5.43 Å². The van der Waals surface area contributed by atoms with Crippen molar-refractivity contribution in [2.75, 3.05) is 0 Å². The molecular formula is C20H32N2O2. The zero-order chi connectivity index (χ0) is 18.0. The Morgan fingerprint density at radius 2 is 1.54 bits per heavy atom. The Balaban J connectivity index is 2.55. The van der Waals surface area contributed by atoms with E-state index < -0.39 is 5.54 Å². The third kappa shape index (κ3) is 7.16. The normalized spacial score (nSPS) is 11.2. The molecule has 0 fully saturated rings. The van der Waals surface area contributed by atoms with Gasteiger partial charge in [-0.1, -0.05) is 57.2 Å². The molecule has 0 radical (unpaired) electrons. The second kappa shape index (κ2) is 10.1. The van der Waals surface area contributed by atoms with Gasteiger partial charge in [0.05, 0.1) is 5.54 Å². The lowest BCUT2D eigenvalue weighted by molar-refractivity contribution is -0.127. The van der Waals surface area contributed by atoms with Crippen LogP contribution >= 0.6 is 0 Å². The molecule has 0 heterocycles. The molecule has 1 aromatic carbocycles. The average molecular weight is 332 g/mol. The van der Waals surface area contributed by atoms with Crippen molar-refractivity contribution < 1.29 is 9.59 Å². The zero-order valence-electron chi connectivity index (χ0n) is 15.6. The maximum Gasteiger partial charge on any atom is 0.272 e. The van der Waals surface area contributed by atoms with Gasteiger partial charge in [-0.2, -0.15) is 0 Å². The molecule has 0 saturated carbocycles. The van der Waals surface area contributed by atoms with Crippen molar-refractivity contribution in [1.29, 1.82) is 0 Å². The highest BCUT2D eigenvalue weighted by atomic mass is 16.2. The fraction of sp³-hybridized carbons (Fsp3) is 0.600. The van der Waals surface area contributed by atoms with Crippen LogP contribution in [-0.2, 0) is 4.79 Å². The minimum atomic E-state index is -0.482. The first-order valence-corrected chi connectivity index (χ1v) is 9.05. The predicted molar refractivity (Wildman–Crippen MR) is 98.5 cm³/mol. The summed E-state index contributed by atoms with van der Waals surface area (Å²) in [7, 11) is 0. The van der Waals surface area contributed by atoms with Crippen molar-refractivity contribution in [3.05, 3.63) is 35.9 Å². The predicted octanol–water partition coefficient (Wildman–Crippen LogP) is 4.71. The van der Waals surface area contributed by atoms with Crippen molar-refractivity contribution in [1.82, 2.24) is 10.4 Å². The third-order valence-electron chi connectivity index (χ3n) is 3.89. The number of hydrogen-bond acceptors (Lipinski definition) is 2. The lowest BCUT2D eigenvalue weighted by Crippen LogP contribution is -2.55. The Kier molecular flexibility index (Phi) is 8.51. The summed E-state index contributed by atoms with van der Waals surface area (Å²) in [4.78, 5) is 24.9. The molecule has 0 atom stereocenters. The topological polar surface area (TPSA) is 49.4 Å². The molecule has 2 amide bonds. The molecule has 0 aliphatic heterocycles. The van der Waals surface area contributed by atoms with Gasteiger partial charge in [-0.25, -0.2) is 5.01 Å². The summed E-state index contributed by atoms with van der Waals surface area (Å²) in [6.45, 7) is 7.94. The maximum absolute atomic E-state index is 12.7. The Bertz CT molecular complexity index is 506. The van der Waals surface area contributed by atoms with Crippen molar-refractivity contribution in [3.8, 4) is 0 Å². The van der Waals surface area contributed by atoms with Crippen LogP contribution in [0.15, 0.2) is 30.3 Å². The van der Waals surface area contributed by atoms with Gasteiger partial charge in [0.15, 0.2) is 0 Å². The van der Waals surface area contributed by atoms with Gasteiger partial charge in [-0.3, -0.25) is 15.0 Å². The maximum atomic E-state index is 12.7. The third-order valence-corrected chi connectivity index (χ3v) is 3.89. The van der Waals surface area contributed by atoms with Gasteiger partial charge in [-0.05, 0) is 39.3 Å². The number of unbranched alkanes of at least 4 members (excludes halogenated alkanes) is 5. The minimum Gasteiger partial charge on any atom is -0.273 e. The molecule has 24 heavy (non-hydrogen) atoms. The number of amides is 2. The van der Waals surface area contributed by atoms with E-state index in [9.17, 15) is 9.59 Å². The van der Waals surface area contributed by atoms with Gasteiger partial charge < -0.3 is 0 Å². The first kappa shape index (κ1) is 20.2. The van der Waals surface area contributed by atoms with E-state index in [0.29, 0.717) is 12.0 Å². The summed E-state index contributed by atoms with van der Waals surface area (Å²) in [6.07, 6.45) is 7.29. The Morgan fingerprint density at radius 3 is 2.12 bits per heavy atom. The lowest BCUT2D eigenvalue weighted by atomic mass is 10.1. The van der Waals surface area contributed by atoms with Crippen LogP contribution in [0.3, 0.4) is 0 Å². The van der Waals surface area contributed by atoms with E-state index in [0.717, 1.165) is 12.8 Å². The van der Waals surface area contributed by atoms with Crippen LogP contribution in [0, 0.1) is 0 Å². The molecule has 0 aromatic heterocycles.